The maximum atomic E-state index is 12.8. The minimum Gasteiger partial charge on any atom is -0.207 e. The molecule has 1 aromatic rings. The van der Waals surface area contributed by atoms with Crippen molar-refractivity contribution in [2.45, 2.75) is 13.1 Å². The van der Waals surface area contributed by atoms with E-state index < -0.39 is 17.6 Å². The first kappa shape index (κ1) is 10.7. The molecular weight excluding hydrogens is 299 g/mol. The van der Waals surface area contributed by atoms with Gasteiger partial charge in [-0.1, -0.05) is 0 Å². The first-order valence-electron chi connectivity index (χ1n) is 3.35. The number of rotatable bonds is 0. The molecule has 13 heavy (non-hydrogen) atoms. The van der Waals surface area contributed by atoms with Gasteiger partial charge in [-0.15, -0.1) is 0 Å². The van der Waals surface area contributed by atoms with Crippen molar-refractivity contribution in [2.24, 2.45) is 0 Å². The van der Waals surface area contributed by atoms with Gasteiger partial charge in [0.1, 0.15) is 5.82 Å². The van der Waals surface area contributed by atoms with Gasteiger partial charge in [0.15, 0.2) is 0 Å². The predicted octanol–water partition coefficient (Wildman–Crippen LogP) is 3.76. The molecule has 0 N–H and O–H groups in total. The molecule has 0 aliphatic rings. The van der Waals surface area contributed by atoms with Crippen LogP contribution >= 0.6 is 22.6 Å². The lowest BCUT2D eigenvalue weighted by molar-refractivity contribution is -0.138. The molecule has 0 aliphatic carbocycles. The lowest BCUT2D eigenvalue weighted by atomic mass is 10.1. The van der Waals surface area contributed by atoms with Crippen LogP contribution in [0.1, 0.15) is 11.1 Å². The van der Waals surface area contributed by atoms with Crippen molar-refractivity contribution in [3.05, 3.63) is 32.6 Å². The van der Waals surface area contributed by atoms with Crippen LogP contribution in [0.25, 0.3) is 0 Å². The molecule has 0 saturated heterocycles. The van der Waals surface area contributed by atoms with Crippen molar-refractivity contribution in [3.8, 4) is 0 Å². The summed E-state index contributed by atoms with van der Waals surface area (Å²) >= 11 is 1.54. The van der Waals surface area contributed by atoms with E-state index in [0.717, 1.165) is 0 Å². The molecule has 0 amide bonds. The number of hydrogen-bond donors (Lipinski definition) is 0. The molecular formula is C8H5F4I. The smallest absolute Gasteiger partial charge is 0.207 e. The quantitative estimate of drug-likeness (QED) is 0.506. The molecule has 0 unspecified atom stereocenters. The molecule has 72 valence electrons. The van der Waals surface area contributed by atoms with Gasteiger partial charge in [-0.2, -0.15) is 13.2 Å². The second-order valence-corrected chi connectivity index (χ2v) is 3.74. The summed E-state index contributed by atoms with van der Waals surface area (Å²) in [5, 5.41) is 0. The van der Waals surface area contributed by atoms with Gasteiger partial charge in [0.2, 0.25) is 0 Å². The fourth-order valence-corrected chi connectivity index (χ4v) is 1.79. The summed E-state index contributed by atoms with van der Waals surface area (Å²) in [5.41, 5.74) is -0.700. The molecule has 0 saturated carbocycles. The first-order chi connectivity index (χ1) is 5.82. The SMILES string of the molecule is Cc1cc(I)c(C(F)(F)F)cc1F. The lowest BCUT2D eigenvalue weighted by Crippen LogP contribution is -2.08. The van der Waals surface area contributed by atoms with E-state index in [9.17, 15) is 17.6 Å². The molecule has 1 rings (SSSR count). The number of hydrogen-bond acceptors (Lipinski definition) is 0. The topological polar surface area (TPSA) is 0 Å². The van der Waals surface area contributed by atoms with Crippen LogP contribution in [0, 0.1) is 16.3 Å². The maximum absolute atomic E-state index is 12.8. The van der Waals surface area contributed by atoms with Crippen LogP contribution in [0.2, 0.25) is 0 Å². The zero-order valence-corrected chi connectivity index (χ0v) is 8.70. The van der Waals surface area contributed by atoms with Crippen molar-refractivity contribution in [3.63, 3.8) is 0 Å². The molecule has 0 atom stereocenters. The molecule has 0 radical (unpaired) electrons. The van der Waals surface area contributed by atoms with Crippen molar-refractivity contribution >= 4 is 22.6 Å². The molecule has 5 heteroatoms. The van der Waals surface area contributed by atoms with Gasteiger partial charge in [0, 0.05) is 3.57 Å². The molecule has 0 nitrogen and oxygen atoms in total. The van der Waals surface area contributed by atoms with Crippen molar-refractivity contribution in [1.82, 2.24) is 0 Å². The van der Waals surface area contributed by atoms with E-state index in [4.69, 9.17) is 0 Å². The van der Waals surface area contributed by atoms with Crippen LogP contribution in [0.4, 0.5) is 17.6 Å². The standard InChI is InChI=1S/C8H5F4I/c1-4-2-7(13)5(3-6(4)9)8(10,11)12/h2-3H,1H3. The third kappa shape index (κ3) is 2.32. The summed E-state index contributed by atoms with van der Waals surface area (Å²) in [7, 11) is 0. The average Bonchev–Trinajstić information content (AvgIpc) is 1.94. The largest absolute Gasteiger partial charge is 0.417 e. The molecule has 1 aromatic carbocycles. The molecule has 0 aliphatic heterocycles. The molecule has 0 spiro atoms. The Morgan fingerprint density at radius 1 is 1.23 bits per heavy atom. The number of aryl methyl sites for hydroxylation is 1. The van der Waals surface area contributed by atoms with E-state index in [-0.39, 0.29) is 9.13 Å². The zero-order chi connectivity index (χ0) is 10.2. The van der Waals surface area contributed by atoms with Gasteiger partial charge in [-0.05, 0) is 47.2 Å². The third-order valence-electron chi connectivity index (χ3n) is 1.55. The van der Waals surface area contributed by atoms with E-state index in [1.54, 1.807) is 22.6 Å². The minimum absolute atomic E-state index is 0.0176. The Labute approximate surface area is 86.1 Å². The average molecular weight is 304 g/mol. The highest BCUT2D eigenvalue weighted by Crippen LogP contribution is 2.33. The number of halogens is 5. The van der Waals surface area contributed by atoms with Crippen molar-refractivity contribution < 1.29 is 17.6 Å². The van der Waals surface area contributed by atoms with Gasteiger partial charge in [0.25, 0.3) is 0 Å². The third-order valence-corrected chi connectivity index (χ3v) is 2.45. The Kier molecular flexibility index (Phi) is 2.84. The Balaban J connectivity index is 3.32. The molecule has 0 bridgehead atoms. The summed E-state index contributed by atoms with van der Waals surface area (Å²) in [4.78, 5) is 0. The Morgan fingerprint density at radius 3 is 2.23 bits per heavy atom. The van der Waals surface area contributed by atoms with Gasteiger partial charge < -0.3 is 0 Å². The monoisotopic (exact) mass is 304 g/mol. The fraction of sp³-hybridized carbons (Fsp3) is 0.250. The second kappa shape index (κ2) is 3.43. The summed E-state index contributed by atoms with van der Waals surface area (Å²) < 4.78 is 49.4. The summed E-state index contributed by atoms with van der Waals surface area (Å²) in [6.07, 6.45) is -4.48. The predicted molar refractivity (Wildman–Crippen MR) is 48.9 cm³/mol. The van der Waals surface area contributed by atoms with Crippen molar-refractivity contribution in [2.75, 3.05) is 0 Å². The Bertz CT molecular complexity index is 330. The van der Waals surface area contributed by atoms with E-state index in [0.29, 0.717) is 6.07 Å². The Morgan fingerprint density at radius 2 is 1.77 bits per heavy atom. The van der Waals surface area contributed by atoms with Crippen molar-refractivity contribution in [1.29, 1.82) is 0 Å². The summed E-state index contributed by atoms with van der Waals surface area (Å²) in [6, 6.07) is 1.70. The molecule has 0 fully saturated rings. The van der Waals surface area contributed by atoms with Crippen LogP contribution in [-0.4, -0.2) is 0 Å². The van der Waals surface area contributed by atoms with Crippen LogP contribution in [0.5, 0.6) is 0 Å². The normalized spacial score (nSPS) is 11.8. The van der Waals surface area contributed by atoms with Gasteiger partial charge in [0.05, 0.1) is 5.56 Å². The van der Waals surface area contributed by atoms with Crippen LogP contribution < -0.4 is 0 Å². The fourth-order valence-electron chi connectivity index (χ4n) is 0.864. The highest BCUT2D eigenvalue weighted by atomic mass is 127. The maximum Gasteiger partial charge on any atom is 0.417 e. The van der Waals surface area contributed by atoms with Crippen LogP contribution in [-0.2, 0) is 6.18 Å². The summed E-state index contributed by atoms with van der Waals surface area (Å²) in [5.74, 6) is -0.826. The summed E-state index contributed by atoms with van der Waals surface area (Å²) in [6.45, 7) is 1.43. The second-order valence-electron chi connectivity index (χ2n) is 2.58. The highest BCUT2D eigenvalue weighted by Gasteiger charge is 2.33. The number of benzene rings is 1. The Hall–Kier alpha value is -0.330. The van der Waals surface area contributed by atoms with Gasteiger partial charge in [-0.3, -0.25) is 0 Å². The van der Waals surface area contributed by atoms with Gasteiger partial charge >= 0.3 is 6.18 Å². The first-order valence-corrected chi connectivity index (χ1v) is 4.43. The van der Waals surface area contributed by atoms with E-state index in [1.165, 1.54) is 13.0 Å². The van der Waals surface area contributed by atoms with Crippen LogP contribution in [0.3, 0.4) is 0 Å². The molecule has 0 heterocycles. The number of alkyl halides is 3. The lowest BCUT2D eigenvalue weighted by Gasteiger charge is -2.09. The van der Waals surface area contributed by atoms with E-state index >= 15 is 0 Å². The van der Waals surface area contributed by atoms with Gasteiger partial charge in [-0.25, -0.2) is 4.39 Å². The minimum atomic E-state index is -4.48. The molecule has 0 aromatic heterocycles. The van der Waals surface area contributed by atoms with Crippen LogP contribution in [0.15, 0.2) is 12.1 Å². The highest BCUT2D eigenvalue weighted by molar-refractivity contribution is 14.1. The zero-order valence-electron chi connectivity index (χ0n) is 6.54. The van der Waals surface area contributed by atoms with E-state index in [1.807, 2.05) is 0 Å². The van der Waals surface area contributed by atoms with E-state index in [2.05, 4.69) is 0 Å².